The van der Waals surface area contributed by atoms with Gasteiger partial charge in [-0.2, -0.15) is 0 Å². The number of thiocarbonyl (C=S) groups is 1. The van der Waals surface area contributed by atoms with Crippen molar-refractivity contribution in [3.05, 3.63) is 41.1 Å². The van der Waals surface area contributed by atoms with Crippen molar-refractivity contribution in [2.24, 2.45) is 5.73 Å². The molecular formula is C16H19N3O4S. The lowest BCUT2D eigenvalue weighted by atomic mass is 9.95. The van der Waals surface area contributed by atoms with Gasteiger partial charge in [0.2, 0.25) is 0 Å². The minimum absolute atomic E-state index is 0.192. The molecule has 0 aliphatic carbocycles. The van der Waals surface area contributed by atoms with Crippen molar-refractivity contribution in [2.45, 2.75) is 19.9 Å². The van der Waals surface area contributed by atoms with Gasteiger partial charge < -0.3 is 25.8 Å². The van der Waals surface area contributed by atoms with Gasteiger partial charge in [0.25, 0.3) is 5.91 Å². The van der Waals surface area contributed by atoms with Crippen LogP contribution >= 0.6 is 12.2 Å². The summed E-state index contributed by atoms with van der Waals surface area (Å²) in [5.74, 6) is -0.448. The largest absolute Gasteiger partial charge is 0.484 e. The fourth-order valence-corrected chi connectivity index (χ4v) is 2.61. The number of amides is 1. The molecule has 1 aromatic rings. The summed E-state index contributed by atoms with van der Waals surface area (Å²) in [7, 11) is 0. The van der Waals surface area contributed by atoms with Crippen LogP contribution in [-0.4, -0.2) is 30.2 Å². The standard InChI is InChI=1S/C16H19N3O4S/c1-3-22-15(21)13-9(2)18-16(24)19-14(13)10-4-6-11(7-5-10)23-8-12(17)20/h4-7,14H,3,8H2,1-2H3,(H2,17,20)(H2,18,19,24)/t14-/m0/s1. The number of hydrogen-bond acceptors (Lipinski definition) is 5. The molecule has 0 spiro atoms. The number of hydrogen-bond donors (Lipinski definition) is 3. The van der Waals surface area contributed by atoms with Crippen LogP contribution in [0.4, 0.5) is 0 Å². The Kier molecular flexibility index (Phi) is 5.75. The molecule has 1 aliphatic rings. The van der Waals surface area contributed by atoms with E-state index >= 15 is 0 Å². The van der Waals surface area contributed by atoms with E-state index in [0.29, 0.717) is 22.1 Å². The van der Waals surface area contributed by atoms with Gasteiger partial charge >= 0.3 is 5.97 Å². The first kappa shape index (κ1) is 17.7. The molecule has 7 nitrogen and oxygen atoms in total. The van der Waals surface area contributed by atoms with Gasteiger partial charge in [-0.05, 0) is 43.8 Å². The lowest BCUT2D eigenvalue weighted by molar-refractivity contribution is -0.139. The molecule has 0 bridgehead atoms. The Labute approximate surface area is 145 Å². The molecule has 0 saturated heterocycles. The zero-order valence-corrected chi connectivity index (χ0v) is 14.2. The highest BCUT2D eigenvalue weighted by Gasteiger charge is 2.30. The Morgan fingerprint density at radius 3 is 2.54 bits per heavy atom. The van der Waals surface area contributed by atoms with Crippen molar-refractivity contribution in [1.29, 1.82) is 0 Å². The molecule has 4 N–H and O–H groups in total. The van der Waals surface area contributed by atoms with Crippen molar-refractivity contribution < 1.29 is 19.1 Å². The molecule has 0 radical (unpaired) electrons. The van der Waals surface area contributed by atoms with Gasteiger partial charge in [-0.1, -0.05) is 12.1 Å². The van der Waals surface area contributed by atoms with Crippen molar-refractivity contribution in [1.82, 2.24) is 10.6 Å². The van der Waals surface area contributed by atoms with E-state index in [9.17, 15) is 9.59 Å². The third kappa shape index (κ3) is 4.23. The molecule has 1 heterocycles. The second-order valence-corrected chi connectivity index (χ2v) is 5.52. The molecule has 1 aliphatic heterocycles. The van der Waals surface area contributed by atoms with E-state index < -0.39 is 17.9 Å². The van der Waals surface area contributed by atoms with Gasteiger partial charge in [0, 0.05) is 5.70 Å². The van der Waals surface area contributed by atoms with Crippen molar-refractivity contribution in [2.75, 3.05) is 13.2 Å². The first-order chi connectivity index (χ1) is 11.4. The molecule has 0 aromatic heterocycles. The highest BCUT2D eigenvalue weighted by molar-refractivity contribution is 7.80. The Morgan fingerprint density at radius 2 is 1.96 bits per heavy atom. The van der Waals surface area contributed by atoms with Crippen LogP contribution in [0.15, 0.2) is 35.5 Å². The van der Waals surface area contributed by atoms with Crippen LogP contribution in [0, 0.1) is 0 Å². The number of rotatable bonds is 6. The number of nitrogens with two attached hydrogens (primary N) is 1. The smallest absolute Gasteiger partial charge is 0.338 e. The first-order valence-electron chi connectivity index (χ1n) is 7.38. The van der Waals surface area contributed by atoms with Gasteiger partial charge in [0.05, 0.1) is 18.2 Å². The lowest BCUT2D eigenvalue weighted by Gasteiger charge is -2.29. The maximum atomic E-state index is 12.3. The highest BCUT2D eigenvalue weighted by Crippen LogP contribution is 2.28. The summed E-state index contributed by atoms with van der Waals surface area (Å²) in [6, 6.07) is 6.54. The minimum Gasteiger partial charge on any atom is -0.484 e. The van der Waals surface area contributed by atoms with Gasteiger partial charge in [0.1, 0.15) is 5.75 Å². The third-order valence-electron chi connectivity index (χ3n) is 3.36. The normalized spacial score (nSPS) is 16.9. The van der Waals surface area contributed by atoms with Crippen molar-refractivity contribution >= 4 is 29.2 Å². The second kappa shape index (κ2) is 7.78. The number of ether oxygens (including phenoxy) is 2. The van der Waals surface area contributed by atoms with Crippen LogP contribution in [0.1, 0.15) is 25.5 Å². The number of nitrogens with one attached hydrogen (secondary N) is 2. The van der Waals surface area contributed by atoms with E-state index in [1.807, 2.05) is 0 Å². The number of esters is 1. The molecule has 24 heavy (non-hydrogen) atoms. The van der Waals surface area contributed by atoms with Crippen LogP contribution < -0.4 is 21.1 Å². The maximum Gasteiger partial charge on any atom is 0.338 e. The fourth-order valence-electron chi connectivity index (χ4n) is 2.33. The van der Waals surface area contributed by atoms with Crippen LogP contribution in [0.2, 0.25) is 0 Å². The van der Waals surface area contributed by atoms with Crippen molar-refractivity contribution in [3.63, 3.8) is 0 Å². The summed E-state index contributed by atoms with van der Waals surface area (Å²) >= 11 is 5.18. The molecule has 1 atom stereocenters. The van der Waals surface area contributed by atoms with E-state index in [-0.39, 0.29) is 13.2 Å². The van der Waals surface area contributed by atoms with Crippen LogP contribution in [0.5, 0.6) is 5.75 Å². The quantitative estimate of drug-likeness (QED) is 0.518. The van der Waals surface area contributed by atoms with Gasteiger partial charge in [-0.3, -0.25) is 4.79 Å². The van der Waals surface area contributed by atoms with Gasteiger partial charge in [0.15, 0.2) is 11.7 Å². The molecule has 1 aromatic carbocycles. The predicted octanol–water partition coefficient (Wildman–Crippen LogP) is 0.907. The Hall–Kier alpha value is -2.61. The van der Waals surface area contributed by atoms with E-state index in [4.69, 9.17) is 27.4 Å². The fraction of sp³-hybridized carbons (Fsp3) is 0.312. The number of benzene rings is 1. The van der Waals surface area contributed by atoms with Crippen molar-refractivity contribution in [3.8, 4) is 5.75 Å². The Bertz CT molecular complexity index is 685. The summed E-state index contributed by atoms with van der Waals surface area (Å²) in [5, 5.41) is 6.43. The summed E-state index contributed by atoms with van der Waals surface area (Å²) in [4.78, 5) is 23.0. The maximum absolute atomic E-state index is 12.3. The zero-order chi connectivity index (χ0) is 17.7. The van der Waals surface area contributed by atoms with E-state index in [2.05, 4.69) is 10.6 Å². The lowest BCUT2D eigenvalue weighted by Crippen LogP contribution is -2.45. The summed E-state index contributed by atoms with van der Waals surface area (Å²) in [6.07, 6.45) is 0. The predicted molar refractivity (Wildman–Crippen MR) is 92.1 cm³/mol. The van der Waals surface area contributed by atoms with Gasteiger partial charge in [-0.15, -0.1) is 0 Å². The molecule has 8 heteroatoms. The SMILES string of the molecule is CCOC(=O)C1=C(C)NC(=S)N[C@H]1c1ccc(OCC(N)=O)cc1. The van der Waals surface area contributed by atoms with Crippen LogP contribution in [0.3, 0.4) is 0 Å². The van der Waals surface area contributed by atoms with E-state index in [1.165, 1.54) is 0 Å². The summed E-state index contributed by atoms with van der Waals surface area (Å²) in [6.45, 7) is 3.62. The summed E-state index contributed by atoms with van der Waals surface area (Å²) in [5.41, 5.74) is 6.98. The Balaban J connectivity index is 2.26. The molecule has 0 saturated carbocycles. The number of primary amides is 1. The topological polar surface area (TPSA) is 103 Å². The van der Waals surface area contributed by atoms with Crippen LogP contribution in [0.25, 0.3) is 0 Å². The average molecular weight is 349 g/mol. The van der Waals surface area contributed by atoms with Crippen LogP contribution in [-0.2, 0) is 14.3 Å². The third-order valence-corrected chi connectivity index (χ3v) is 3.58. The van der Waals surface area contributed by atoms with Gasteiger partial charge in [-0.25, -0.2) is 4.79 Å². The molecular weight excluding hydrogens is 330 g/mol. The summed E-state index contributed by atoms with van der Waals surface area (Å²) < 4.78 is 10.4. The monoisotopic (exact) mass is 349 g/mol. The minimum atomic E-state index is -0.549. The number of allylic oxidation sites excluding steroid dienone is 1. The zero-order valence-electron chi connectivity index (χ0n) is 13.4. The molecule has 2 rings (SSSR count). The molecule has 1 amide bonds. The highest BCUT2D eigenvalue weighted by atomic mass is 32.1. The molecule has 0 unspecified atom stereocenters. The van der Waals surface area contributed by atoms with E-state index in [1.54, 1.807) is 38.1 Å². The number of carbonyl (C=O) groups excluding carboxylic acids is 2. The number of carbonyl (C=O) groups is 2. The second-order valence-electron chi connectivity index (χ2n) is 5.11. The molecule has 128 valence electrons. The Morgan fingerprint density at radius 1 is 1.29 bits per heavy atom. The first-order valence-corrected chi connectivity index (χ1v) is 7.79. The molecule has 0 fully saturated rings. The average Bonchev–Trinajstić information content (AvgIpc) is 2.52. The van der Waals surface area contributed by atoms with E-state index in [0.717, 1.165) is 5.56 Å².